The van der Waals surface area contributed by atoms with Crippen LogP contribution in [0.1, 0.15) is 33.6 Å². The smallest absolute Gasteiger partial charge is 0.234 e. The molecule has 2 atom stereocenters. The Morgan fingerprint density at radius 3 is 2.63 bits per heavy atom. The zero-order chi connectivity index (χ0) is 14.3. The average Bonchev–Trinajstić information content (AvgIpc) is 2.40. The summed E-state index contributed by atoms with van der Waals surface area (Å²) < 4.78 is 5.43. The third-order valence-corrected chi connectivity index (χ3v) is 3.99. The second-order valence-electron chi connectivity index (χ2n) is 5.12. The van der Waals surface area contributed by atoms with Crippen molar-refractivity contribution in [2.45, 2.75) is 45.7 Å². The molecule has 0 unspecified atom stereocenters. The molecule has 5 heteroatoms. The van der Waals surface area contributed by atoms with Crippen LogP contribution < -0.4 is 5.73 Å². The molecule has 1 aliphatic heterocycles. The van der Waals surface area contributed by atoms with Crippen LogP contribution in [0.15, 0.2) is 0 Å². The lowest BCUT2D eigenvalue weighted by Gasteiger charge is -2.43. The molecular weight excluding hydrogens is 242 g/mol. The number of nitrogens with two attached hydrogens (primary N) is 1. The molecule has 0 spiro atoms. The third-order valence-electron chi connectivity index (χ3n) is 3.99. The molecule has 0 saturated carbocycles. The van der Waals surface area contributed by atoms with Gasteiger partial charge in [-0.25, -0.2) is 0 Å². The van der Waals surface area contributed by atoms with Crippen LogP contribution in [0.4, 0.5) is 0 Å². The average molecular weight is 271 g/mol. The van der Waals surface area contributed by atoms with Crippen LogP contribution in [0, 0.1) is 0 Å². The first-order valence-corrected chi connectivity index (χ1v) is 7.49. The maximum absolute atomic E-state index is 11.5. The number of amides is 1. The van der Waals surface area contributed by atoms with E-state index >= 15 is 0 Å². The number of rotatable bonds is 8. The van der Waals surface area contributed by atoms with E-state index in [1.165, 1.54) is 0 Å². The van der Waals surface area contributed by atoms with Crippen molar-refractivity contribution in [1.82, 2.24) is 9.80 Å². The number of piperazine rings is 1. The second-order valence-corrected chi connectivity index (χ2v) is 5.12. The molecule has 0 radical (unpaired) electrons. The van der Waals surface area contributed by atoms with Crippen molar-refractivity contribution in [2.75, 3.05) is 39.4 Å². The van der Waals surface area contributed by atoms with Gasteiger partial charge in [0, 0.05) is 38.8 Å². The fraction of sp³-hybridized carbons (Fsp3) is 0.929. The van der Waals surface area contributed by atoms with Crippen molar-refractivity contribution in [3.05, 3.63) is 0 Å². The quantitative estimate of drug-likeness (QED) is 0.660. The molecule has 1 heterocycles. The first kappa shape index (κ1) is 16.4. The normalized spacial score (nSPS) is 23.4. The molecule has 19 heavy (non-hydrogen) atoms. The Labute approximate surface area is 117 Å². The van der Waals surface area contributed by atoms with Crippen LogP contribution in [0.2, 0.25) is 0 Å². The highest BCUT2D eigenvalue weighted by molar-refractivity contribution is 5.79. The molecule has 1 aliphatic rings. The van der Waals surface area contributed by atoms with Crippen molar-refractivity contribution in [3.63, 3.8) is 0 Å². The number of hydrogen-bond donors (Lipinski definition) is 1. The molecule has 5 nitrogen and oxygen atoms in total. The number of carbonyl (C=O) groups is 1. The van der Waals surface area contributed by atoms with Crippen molar-refractivity contribution in [1.29, 1.82) is 0 Å². The van der Waals surface area contributed by atoms with Gasteiger partial charge in [-0.2, -0.15) is 0 Å². The number of nitrogens with zero attached hydrogens (tertiary/aromatic N) is 2. The predicted octanol–water partition coefficient (Wildman–Crippen LogP) is 0.683. The van der Waals surface area contributed by atoms with Gasteiger partial charge in [-0.1, -0.05) is 13.8 Å². The Bertz CT molecular complexity index is 273. The summed E-state index contributed by atoms with van der Waals surface area (Å²) in [5.41, 5.74) is 5.48. The number of carbonyl (C=O) groups excluding carboxylic acids is 1. The maximum Gasteiger partial charge on any atom is 0.234 e. The largest absolute Gasteiger partial charge is 0.380 e. The van der Waals surface area contributed by atoms with Crippen LogP contribution in [0.3, 0.4) is 0 Å². The Hall–Kier alpha value is -0.650. The second kappa shape index (κ2) is 8.51. The Morgan fingerprint density at radius 1 is 1.37 bits per heavy atom. The highest BCUT2D eigenvalue weighted by atomic mass is 16.5. The highest BCUT2D eigenvalue weighted by Crippen LogP contribution is 2.16. The van der Waals surface area contributed by atoms with Gasteiger partial charge >= 0.3 is 0 Å². The fourth-order valence-electron chi connectivity index (χ4n) is 2.85. The molecule has 1 rings (SSSR count). The van der Waals surface area contributed by atoms with E-state index in [2.05, 4.69) is 16.7 Å². The molecule has 0 aromatic rings. The van der Waals surface area contributed by atoms with Gasteiger partial charge < -0.3 is 10.5 Å². The van der Waals surface area contributed by atoms with Gasteiger partial charge in [-0.15, -0.1) is 0 Å². The summed E-state index contributed by atoms with van der Waals surface area (Å²) in [6.07, 6.45) is 1.89. The SMILES string of the molecule is CCOCCN1CCN([C@H](CC)C(N)=O)C[C@@H]1CC. The van der Waals surface area contributed by atoms with Gasteiger partial charge in [-0.05, 0) is 19.8 Å². The molecule has 0 aromatic heterocycles. The Morgan fingerprint density at radius 2 is 2.11 bits per heavy atom. The van der Waals surface area contributed by atoms with Gasteiger partial charge in [0.1, 0.15) is 0 Å². The summed E-state index contributed by atoms with van der Waals surface area (Å²) in [6, 6.07) is 0.394. The zero-order valence-electron chi connectivity index (χ0n) is 12.6. The highest BCUT2D eigenvalue weighted by Gasteiger charge is 2.31. The van der Waals surface area contributed by atoms with E-state index in [0.29, 0.717) is 6.04 Å². The molecule has 0 aliphatic carbocycles. The van der Waals surface area contributed by atoms with Crippen LogP contribution in [0.25, 0.3) is 0 Å². The minimum atomic E-state index is -0.194. The van der Waals surface area contributed by atoms with Crippen LogP contribution in [0.5, 0.6) is 0 Å². The van der Waals surface area contributed by atoms with E-state index < -0.39 is 0 Å². The number of primary amides is 1. The van der Waals surface area contributed by atoms with Crippen molar-refractivity contribution < 1.29 is 9.53 Å². The van der Waals surface area contributed by atoms with E-state index in [4.69, 9.17) is 10.5 Å². The van der Waals surface area contributed by atoms with Crippen LogP contribution >= 0.6 is 0 Å². The van der Waals surface area contributed by atoms with E-state index in [-0.39, 0.29) is 11.9 Å². The van der Waals surface area contributed by atoms with Crippen LogP contribution in [-0.4, -0.2) is 67.2 Å². The molecule has 1 amide bonds. The molecule has 0 aromatic carbocycles. The van der Waals surface area contributed by atoms with E-state index in [9.17, 15) is 4.79 Å². The van der Waals surface area contributed by atoms with Crippen molar-refractivity contribution in [2.24, 2.45) is 5.73 Å². The first-order chi connectivity index (χ1) is 9.13. The molecule has 2 N–H and O–H groups in total. The van der Waals surface area contributed by atoms with Gasteiger partial charge in [0.15, 0.2) is 0 Å². The minimum Gasteiger partial charge on any atom is -0.380 e. The molecule has 0 bridgehead atoms. The number of ether oxygens (including phenoxy) is 1. The van der Waals surface area contributed by atoms with Crippen molar-refractivity contribution >= 4 is 5.91 Å². The van der Waals surface area contributed by atoms with E-state index in [1.807, 2.05) is 13.8 Å². The van der Waals surface area contributed by atoms with Gasteiger partial charge in [-0.3, -0.25) is 14.6 Å². The summed E-state index contributed by atoms with van der Waals surface area (Å²) in [4.78, 5) is 16.2. The molecule has 1 fully saturated rings. The topological polar surface area (TPSA) is 58.8 Å². The summed E-state index contributed by atoms with van der Waals surface area (Å²) in [5, 5.41) is 0. The fourth-order valence-corrected chi connectivity index (χ4v) is 2.85. The predicted molar refractivity (Wildman–Crippen MR) is 77.0 cm³/mol. The summed E-state index contributed by atoms with van der Waals surface area (Å²) in [7, 11) is 0. The molecule has 1 saturated heterocycles. The number of hydrogen-bond acceptors (Lipinski definition) is 4. The first-order valence-electron chi connectivity index (χ1n) is 7.49. The van der Waals surface area contributed by atoms with Gasteiger partial charge in [0.05, 0.1) is 12.6 Å². The lowest BCUT2D eigenvalue weighted by molar-refractivity contribution is -0.124. The summed E-state index contributed by atoms with van der Waals surface area (Å²) in [6.45, 7) is 11.6. The molecule has 112 valence electrons. The van der Waals surface area contributed by atoms with E-state index in [1.54, 1.807) is 0 Å². The Kier molecular flexibility index (Phi) is 7.34. The zero-order valence-corrected chi connectivity index (χ0v) is 12.6. The minimum absolute atomic E-state index is 0.108. The summed E-state index contributed by atoms with van der Waals surface area (Å²) >= 11 is 0. The maximum atomic E-state index is 11.5. The van der Waals surface area contributed by atoms with Crippen molar-refractivity contribution in [3.8, 4) is 0 Å². The van der Waals surface area contributed by atoms with Gasteiger partial charge in [0.2, 0.25) is 5.91 Å². The Balaban J connectivity index is 2.51. The standard InChI is InChI=1S/C14H29N3O2/c1-4-12-11-17(13(5-2)14(15)18)8-7-16(12)9-10-19-6-3/h12-13H,4-11H2,1-3H3,(H2,15,18)/t12-,13+/m0/s1. The monoisotopic (exact) mass is 271 g/mol. The molecular formula is C14H29N3O2. The van der Waals surface area contributed by atoms with Crippen LogP contribution in [-0.2, 0) is 9.53 Å². The summed E-state index contributed by atoms with van der Waals surface area (Å²) in [5.74, 6) is -0.194. The lowest BCUT2D eigenvalue weighted by Crippen LogP contribution is -2.58. The van der Waals surface area contributed by atoms with Gasteiger partial charge in [0.25, 0.3) is 0 Å². The third kappa shape index (κ3) is 4.75. The van der Waals surface area contributed by atoms with E-state index in [0.717, 1.165) is 52.2 Å². The lowest BCUT2D eigenvalue weighted by atomic mass is 10.1.